The molecule has 2 N–H and O–H groups in total. The van der Waals surface area contributed by atoms with Gasteiger partial charge in [-0.25, -0.2) is 8.42 Å². The van der Waals surface area contributed by atoms with E-state index in [9.17, 15) is 23.2 Å². The minimum Gasteiger partial charge on any atom is -0.744 e. The molecule has 0 fully saturated rings. The molecule has 0 amide bonds. The molecule has 0 radical (unpaired) electrons. The first-order chi connectivity index (χ1) is 14.0. The quantitative estimate of drug-likeness (QED) is 0.378. The van der Waals surface area contributed by atoms with Gasteiger partial charge in [-0.1, -0.05) is 72.8 Å². The Morgan fingerprint density at radius 1 is 0.733 bits per heavy atom. The Morgan fingerprint density at radius 2 is 1.13 bits per heavy atom. The number of para-hydroxylation sites is 1. The van der Waals surface area contributed by atoms with Gasteiger partial charge in [-0.05, 0) is 23.3 Å². The fourth-order valence-corrected chi connectivity index (χ4v) is 4.17. The summed E-state index contributed by atoms with van der Waals surface area (Å²) in [6.45, 7) is -0.693. The van der Waals surface area contributed by atoms with E-state index in [1.54, 1.807) is 11.0 Å². The van der Waals surface area contributed by atoms with Gasteiger partial charge in [0.2, 0.25) is 0 Å². The van der Waals surface area contributed by atoms with Gasteiger partial charge in [0, 0.05) is 0 Å². The summed E-state index contributed by atoms with van der Waals surface area (Å²) in [5, 5.41) is 20.5. The van der Waals surface area contributed by atoms with Crippen molar-refractivity contribution in [3.05, 3.63) is 96.1 Å². The maximum Gasteiger partial charge on any atom is 1.00 e. The maximum absolute atomic E-state index is 11.9. The van der Waals surface area contributed by atoms with Gasteiger partial charge >= 0.3 is 29.6 Å². The second-order valence-electron chi connectivity index (χ2n) is 6.55. The van der Waals surface area contributed by atoms with Crippen LogP contribution in [0.2, 0.25) is 0 Å². The number of rotatable bonds is 8. The van der Waals surface area contributed by atoms with Crippen molar-refractivity contribution in [2.45, 2.75) is 17.0 Å². The molecule has 0 saturated carbocycles. The number of hydrogen-bond acceptors (Lipinski definition) is 6. The molecule has 30 heavy (non-hydrogen) atoms. The van der Waals surface area contributed by atoms with E-state index in [0.717, 1.165) is 11.1 Å². The molecule has 0 bridgehead atoms. The first-order valence-corrected chi connectivity index (χ1v) is 10.5. The molecule has 6 nitrogen and oxygen atoms in total. The average Bonchev–Trinajstić information content (AvgIpc) is 2.74. The number of aliphatic hydroxyl groups is 2. The molecule has 0 aliphatic carbocycles. The molecule has 3 aromatic carbocycles. The van der Waals surface area contributed by atoms with E-state index < -0.39 is 27.1 Å². The van der Waals surface area contributed by atoms with Crippen molar-refractivity contribution < 1.29 is 52.7 Å². The minimum atomic E-state index is -4.78. The summed E-state index contributed by atoms with van der Waals surface area (Å²) in [6.07, 6.45) is 0. The number of anilines is 1. The number of aliphatic hydroxyl groups excluding tert-OH is 2. The van der Waals surface area contributed by atoms with Crippen molar-refractivity contribution in [3.63, 3.8) is 0 Å². The second kappa shape index (κ2) is 11.1. The van der Waals surface area contributed by atoms with Crippen LogP contribution in [0.25, 0.3) is 0 Å². The van der Waals surface area contributed by atoms with Gasteiger partial charge in [-0.15, -0.1) is 0 Å². The van der Waals surface area contributed by atoms with Gasteiger partial charge in [0.15, 0.2) is 0 Å². The zero-order chi connectivity index (χ0) is 20.9. The number of hydrogen-bond donors (Lipinski definition) is 2. The minimum absolute atomic E-state index is 0. The Bertz CT molecular complexity index is 984. The monoisotopic (exact) mass is 435 g/mol. The third-order valence-corrected chi connectivity index (χ3v) is 5.68. The fraction of sp³-hybridized carbons (Fsp3) is 0.182. The molecule has 0 spiro atoms. The van der Waals surface area contributed by atoms with Gasteiger partial charge in [0.05, 0.1) is 35.9 Å². The Kier molecular flexibility index (Phi) is 9.06. The summed E-state index contributed by atoms with van der Waals surface area (Å²) in [7, 11) is -4.78. The molecule has 3 rings (SSSR count). The summed E-state index contributed by atoms with van der Waals surface area (Å²) in [6, 6.07) is 22.6. The van der Waals surface area contributed by atoms with Gasteiger partial charge < -0.3 is 19.7 Å². The molecule has 0 heterocycles. The maximum atomic E-state index is 11.9. The van der Waals surface area contributed by atoms with Crippen LogP contribution in [0.4, 0.5) is 5.69 Å². The van der Waals surface area contributed by atoms with Crippen molar-refractivity contribution in [1.82, 2.24) is 0 Å². The third kappa shape index (κ3) is 5.50. The van der Waals surface area contributed by atoms with Crippen LogP contribution in [-0.4, -0.2) is 36.4 Å². The molecule has 2 unspecified atom stereocenters. The smallest absolute Gasteiger partial charge is 0.744 e. The van der Waals surface area contributed by atoms with Crippen LogP contribution in [0, 0.1) is 0 Å². The largest absolute Gasteiger partial charge is 1.00 e. The van der Waals surface area contributed by atoms with E-state index in [1.807, 2.05) is 60.7 Å². The van der Waals surface area contributed by atoms with Crippen LogP contribution in [0.1, 0.15) is 23.2 Å². The van der Waals surface area contributed by atoms with Crippen molar-refractivity contribution in [2.75, 3.05) is 18.1 Å². The summed E-state index contributed by atoms with van der Waals surface area (Å²) in [5.74, 6) is 0. The SMILES string of the molecule is O=S(=O)([O-])c1ccccc1N(C(CO)c1ccccc1)C(CO)c1ccccc1.[Na+]. The topological polar surface area (TPSA) is 101 Å². The molecule has 0 saturated heterocycles. The van der Waals surface area contributed by atoms with E-state index in [0.29, 0.717) is 0 Å². The van der Waals surface area contributed by atoms with Crippen molar-refractivity contribution in [2.24, 2.45) is 0 Å². The van der Waals surface area contributed by atoms with Gasteiger partial charge in [-0.3, -0.25) is 0 Å². The van der Waals surface area contributed by atoms with Crippen LogP contribution >= 0.6 is 0 Å². The Balaban J connectivity index is 0.00000320. The zero-order valence-corrected chi connectivity index (χ0v) is 19.4. The van der Waals surface area contributed by atoms with E-state index in [4.69, 9.17) is 0 Å². The summed E-state index contributed by atoms with van der Waals surface area (Å²) in [5.41, 5.74) is 1.58. The van der Waals surface area contributed by atoms with Gasteiger partial charge in [0.1, 0.15) is 10.1 Å². The summed E-state index contributed by atoms with van der Waals surface area (Å²) in [4.78, 5) is 1.21. The molecule has 3 aromatic rings. The van der Waals surface area contributed by atoms with Gasteiger partial charge in [0.25, 0.3) is 0 Å². The van der Waals surface area contributed by atoms with Crippen LogP contribution in [-0.2, 0) is 10.1 Å². The molecule has 0 aliphatic rings. The zero-order valence-electron chi connectivity index (χ0n) is 16.6. The molecular weight excluding hydrogens is 413 g/mol. The van der Waals surface area contributed by atoms with Gasteiger partial charge in [-0.2, -0.15) is 0 Å². The molecule has 2 atom stereocenters. The van der Waals surface area contributed by atoms with E-state index in [1.165, 1.54) is 18.2 Å². The van der Waals surface area contributed by atoms with Crippen molar-refractivity contribution >= 4 is 15.8 Å². The second-order valence-corrected chi connectivity index (χ2v) is 7.90. The molecule has 8 heteroatoms. The Hall–Kier alpha value is -1.71. The first kappa shape index (κ1) is 24.6. The number of nitrogens with zero attached hydrogens (tertiary/aromatic N) is 1. The first-order valence-electron chi connectivity index (χ1n) is 9.12. The Labute approximate surface area is 198 Å². The molecular formula is C22H22NNaO5S. The van der Waals surface area contributed by atoms with Crippen molar-refractivity contribution in [3.8, 4) is 0 Å². The molecule has 152 valence electrons. The number of benzene rings is 3. The predicted molar refractivity (Wildman–Crippen MR) is 109 cm³/mol. The average molecular weight is 435 g/mol. The van der Waals surface area contributed by atoms with Crippen LogP contribution < -0.4 is 34.5 Å². The van der Waals surface area contributed by atoms with E-state index in [-0.39, 0.29) is 48.5 Å². The van der Waals surface area contributed by atoms with Crippen LogP contribution in [0.5, 0.6) is 0 Å². The van der Waals surface area contributed by atoms with E-state index >= 15 is 0 Å². The summed E-state index contributed by atoms with van der Waals surface area (Å²) >= 11 is 0. The molecule has 0 aromatic heterocycles. The predicted octanol–water partition coefficient (Wildman–Crippen LogP) is -0.132. The fourth-order valence-electron chi connectivity index (χ4n) is 3.49. The Morgan fingerprint density at radius 3 is 1.53 bits per heavy atom. The standard InChI is InChI=1S/C22H23NO5S.Na/c24-15-20(17-9-3-1-4-10-17)23(21(16-25)18-11-5-2-6-12-18)19-13-7-8-14-22(19)29(26,27)28;/h1-14,20-21,24-25H,15-16H2,(H,26,27,28);/q;+1/p-1. The van der Waals surface area contributed by atoms with Crippen molar-refractivity contribution in [1.29, 1.82) is 0 Å². The van der Waals surface area contributed by atoms with E-state index in [2.05, 4.69) is 0 Å². The summed E-state index contributed by atoms with van der Waals surface area (Å²) < 4.78 is 35.8. The van der Waals surface area contributed by atoms with Crippen LogP contribution in [0.3, 0.4) is 0 Å². The third-order valence-electron chi connectivity index (χ3n) is 4.80. The van der Waals surface area contributed by atoms with Crippen LogP contribution in [0.15, 0.2) is 89.8 Å². The molecule has 0 aliphatic heterocycles. The normalized spacial score (nSPS) is 13.2.